The zero-order chi connectivity index (χ0) is 76.0. The van der Waals surface area contributed by atoms with Crippen LogP contribution in [0.15, 0.2) is 97.1 Å². The Balaban J connectivity index is 1.19. The molecule has 0 radical (unpaired) electrons. The van der Waals surface area contributed by atoms with E-state index in [4.69, 9.17) is 40.7 Å². The average molecular weight is 1480 g/mol. The highest BCUT2D eigenvalue weighted by Gasteiger charge is 2.47. The fraction of sp³-hybridized carbons (Fsp3) is 0.467. The van der Waals surface area contributed by atoms with E-state index in [-0.39, 0.29) is 54.6 Å². The van der Waals surface area contributed by atoms with Gasteiger partial charge in [0.25, 0.3) is 0 Å². The summed E-state index contributed by atoms with van der Waals surface area (Å²) in [5.41, 5.74) is 16.8. The fourth-order valence-corrected chi connectivity index (χ4v) is 19.8. The Labute approximate surface area is 625 Å². The molecule has 6 aliphatic rings. The second kappa shape index (κ2) is 24.9. The van der Waals surface area contributed by atoms with Crippen molar-refractivity contribution in [3.05, 3.63) is 231 Å². The van der Waals surface area contributed by atoms with E-state index >= 15 is 13.7 Å². The Bertz CT molecular complexity index is 4540. The van der Waals surface area contributed by atoms with Gasteiger partial charge in [-0.05, 0) is 184 Å². The molecule has 0 saturated heterocycles. The van der Waals surface area contributed by atoms with E-state index in [2.05, 4.69) is 263 Å². The van der Waals surface area contributed by atoms with Gasteiger partial charge < -0.3 is 36.2 Å². The first-order valence-corrected chi connectivity index (χ1v) is 42.1. The molecule has 0 saturated carbocycles. The first-order chi connectivity index (χ1) is 48.4. The maximum atomic E-state index is 17.5. The highest BCUT2D eigenvalue weighted by atomic mass is 31.2. The second-order valence-electron chi connectivity index (χ2n) is 38.9. The third kappa shape index (κ3) is 14.5. The number of fused-ring (bicyclic) bond motifs is 2. The Morgan fingerprint density at radius 1 is 0.229 bits per heavy atom. The van der Waals surface area contributed by atoms with Crippen LogP contribution in [0.4, 0.5) is 0 Å². The minimum atomic E-state index is -4.92. The summed E-state index contributed by atoms with van der Waals surface area (Å²) in [5, 5.41) is 0. The number of benzene rings is 8. The lowest BCUT2D eigenvalue weighted by Crippen LogP contribution is -2.22. The van der Waals surface area contributed by atoms with Crippen LogP contribution in [0.1, 0.15) is 307 Å². The number of hydrogen-bond acceptors (Lipinski definition) is 12. The van der Waals surface area contributed by atoms with Crippen LogP contribution in [-0.4, -0.2) is 6.61 Å². The lowest BCUT2D eigenvalue weighted by atomic mass is 9.79. The van der Waals surface area contributed by atoms with E-state index in [1.165, 1.54) is 0 Å². The standard InChI is InChI=1S/C90H109O12P3/c1-26-94-103(91)95-75-51-27-55-39-69(85(8,9)10)43-59-31-63-47-73(89(20,21)22)49-65-33-61-45-71(87(14,15)16)41-57(79(61)99-104(92,97-77(55)59)101-81(63)65)29-53-37-68(84(5,6)7)38-54(76(53)96-103)30-58-42-72(88(17,18)19)46-62-34-66-50-74(90(23,24)25)48-64-32-60-44-70(86(11,12)13)40-56(28-52(75)36-67(35-51)83(2,3)4)78(60)98-105(93,100-80(58)62)102-82(64)66/h35-50H,26-34H2,1-25H3. The predicted molar refractivity (Wildman–Crippen MR) is 423 cm³/mol. The number of rotatable bonds is 2. The van der Waals surface area contributed by atoms with Gasteiger partial charge in [-0.25, -0.2) is 4.57 Å². The highest BCUT2D eigenvalue weighted by molar-refractivity contribution is 7.50. The van der Waals surface area contributed by atoms with Crippen molar-refractivity contribution in [1.29, 1.82) is 0 Å². The maximum Gasteiger partial charge on any atom is 0.647 e. The summed E-state index contributed by atoms with van der Waals surface area (Å²) in [4.78, 5) is 0. The van der Waals surface area contributed by atoms with E-state index < -0.39 is 56.0 Å². The summed E-state index contributed by atoms with van der Waals surface area (Å²) in [6.07, 6.45) is 1.86. The lowest BCUT2D eigenvalue weighted by Gasteiger charge is -2.34. The zero-order valence-corrected chi connectivity index (χ0v) is 69.5. The molecule has 14 rings (SSSR count). The molecule has 0 fully saturated rings. The Hall–Kier alpha value is -7.19. The van der Waals surface area contributed by atoms with Gasteiger partial charge in [-0.2, -0.15) is 9.13 Å². The van der Waals surface area contributed by atoms with Crippen molar-refractivity contribution in [1.82, 2.24) is 0 Å². The number of hydrogen-bond donors (Lipinski definition) is 0. The molecule has 6 heterocycles. The maximum absolute atomic E-state index is 17.5. The van der Waals surface area contributed by atoms with Crippen LogP contribution in [0.3, 0.4) is 0 Å². The highest BCUT2D eigenvalue weighted by Crippen LogP contribution is 2.63. The van der Waals surface area contributed by atoms with Crippen molar-refractivity contribution >= 4 is 23.5 Å². The van der Waals surface area contributed by atoms with Gasteiger partial charge in [-0.1, -0.05) is 263 Å². The second-order valence-corrected chi connectivity index (χ2v) is 43.3. The van der Waals surface area contributed by atoms with E-state index in [1.807, 2.05) is 6.92 Å². The monoisotopic (exact) mass is 1470 g/mol. The summed E-state index contributed by atoms with van der Waals surface area (Å²) >= 11 is 0. The first kappa shape index (κ1) is 74.7. The third-order valence-electron chi connectivity index (χ3n) is 21.8. The minimum absolute atomic E-state index is 0.0522. The molecule has 6 aliphatic heterocycles. The van der Waals surface area contributed by atoms with Crippen molar-refractivity contribution in [2.75, 3.05) is 6.61 Å². The fourth-order valence-electron chi connectivity index (χ4n) is 15.4. The van der Waals surface area contributed by atoms with Crippen LogP contribution >= 0.6 is 23.5 Å². The molecular weight excluding hydrogens is 1370 g/mol. The molecule has 0 aromatic heterocycles. The molecule has 0 amide bonds. The van der Waals surface area contributed by atoms with Gasteiger partial charge in [0.05, 0.1) is 6.61 Å². The summed E-state index contributed by atoms with van der Waals surface area (Å²) in [7, 11) is -14.5. The topological polar surface area (TPSA) is 134 Å². The molecule has 0 aliphatic carbocycles. The smallest absolute Gasteiger partial charge is 0.394 e. The molecule has 8 aromatic carbocycles. The van der Waals surface area contributed by atoms with Gasteiger partial charge >= 0.3 is 23.5 Å². The minimum Gasteiger partial charge on any atom is -0.394 e. The van der Waals surface area contributed by atoms with Crippen molar-refractivity contribution in [3.63, 3.8) is 0 Å². The quantitative estimate of drug-likeness (QED) is 0.153. The van der Waals surface area contributed by atoms with E-state index in [0.717, 1.165) is 89.0 Å². The van der Waals surface area contributed by atoms with Crippen molar-refractivity contribution < 1.29 is 54.4 Å². The molecule has 105 heavy (non-hydrogen) atoms. The Morgan fingerprint density at radius 3 is 0.448 bits per heavy atom. The summed E-state index contributed by atoms with van der Waals surface area (Å²) in [6.45, 7) is 54.6. The first-order valence-electron chi connectivity index (χ1n) is 37.7. The van der Waals surface area contributed by atoms with E-state index in [1.54, 1.807) is 0 Å². The molecule has 10 bridgehead atoms. The average Bonchev–Trinajstić information content (AvgIpc) is 0.736. The lowest BCUT2D eigenvalue weighted by molar-refractivity contribution is 0.217. The summed E-state index contributed by atoms with van der Waals surface area (Å²) < 4.78 is 117. The van der Waals surface area contributed by atoms with Gasteiger partial charge in [-0.3, -0.25) is 4.52 Å². The van der Waals surface area contributed by atoms with Gasteiger partial charge in [0, 0.05) is 51.4 Å². The van der Waals surface area contributed by atoms with Crippen LogP contribution in [0.2, 0.25) is 0 Å². The van der Waals surface area contributed by atoms with Crippen molar-refractivity contribution in [3.8, 4) is 46.0 Å². The summed E-state index contributed by atoms with van der Waals surface area (Å²) in [6, 6.07) is 34.7. The normalized spacial score (nSPS) is 19.9. The van der Waals surface area contributed by atoms with Crippen LogP contribution < -0.4 is 36.2 Å². The van der Waals surface area contributed by atoms with Gasteiger partial charge in [0.2, 0.25) is 0 Å². The molecule has 0 spiro atoms. The van der Waals surface area contributed by atoms with E-state index in [9.17, 15) is 0 Å². The molecule has 15 heteroatoms. The van der Waals surface area contributed by atoms with Gasteiger partial charge in [0.1, 0.15) is 46.0 Å². The van der Waals surface area contributed by atoms with Gasteiger partial charge in [-0.15, -0.1) is 0 Å². The zero-order valence-electron chi connectivity index (χ0n) is 66.8. The summed E-state index contributed by atoms with van der Waals surface area (Å²) in [5.74, 6) is 2.89. The molecule has 556 valence electrons. The third-order valence-corrected chi connectivity index (χ3v) is 25.7. The largest absolute Gasteiger partial charge is 0.647 e. The van der Waals surface area contributed by atoms with Crippen LogP contribution in [0, 0.1) is 0 Å². The Kier molecular flexibility index (Phi) is 17.7. The van der Waals surface area contributed by atoms with Crippen molar-refractivity contribution in [2.24, 2.45) is 0 Å². The number of phosphoric acid groups is 3. The van der Waals surface area contributed by atoms with E-state index in [0.29, 0.717) is 105 Å². The van der Waals surface area contributed by atoms with Crippen LogP contribution in [-0.2, 0) is 113 Å². The molecule has 0 unspecified atom stereocenters. The van der Waals surface area contributed by atoms with Crippen LogP contribution in [0.25, 0.3) is 0 Å². The molecule has 8 aromatic rings. The van der Waals surface area contributed by atoms with Crippen LogP contribution in [0.5, 0.6) is 46.0 Å². The van der Waals surface area contributed by atoms with Crippen molar-refractivity contribution in [2.45, 2.75) is 268 Å². The predicted octanol–water partition coefficient (Wildman–Crippen LogP) is 24.6. The number of phosphoric ester groups is 3. The molecule has 0 N–H and O–H groups in total. The Morgan fingerprint density at radius 2 is 0.343 bits per heavy atom. The molecular formula is C90H109O12P3. The molecule has 0 atom stereocenters. The van der Waals surface area contributed by atoms with Gasteiger partial charge in [0.15, 0.2) is 0 Å². The molecule has 12 nitrogen and oxygen atoms in total. The SMILES string of the molecule is CCOP1(=O)Oc2c3cc(C(C)(C)C)cc2Cc2cc(C(C)(C)C)cc4c2OP2(=O)Oc5c(cc(C(C)(C)C)cc5Cc5cc(C(C)(C)C)cc(c5O2)C4)Cc2cc(C(C)(C)C)cc(c2O1)Cc1cc(C(C)(C)C)cc2c1OP1(=O)Oc4c(cc(C(C)(C)C)cc4Cc4cc(C(C)(C)C)cc(c4O1)C2)C3.